The van der Waals surface area contributed by atoms with Gasteiger partial charge in [0.25, 0.3) is 0 Å². The molecule has 1 aromatic rings. The van der Waals surface area contributed by atoms with E-state index in [9.17, 15) is 4.79 Å². The number of hydrogen-bond donors (Lipinski definition) is 2. The Balaban J connectivity index is 2.07. The van der Waals surface area contributed by atoms with Crippen LogP contribution in [0.15, 0.2) is 18.2 Å². The fourth-order valence-electron chi connectivity index (χ4n) is 1.82. The zero-order chi connectivity index (χ0) is 14.5. The van der Waals surface area contributed by atoms with Crippen molar-refractivity contribution in [1.82, 2.24) is 5.32 Å². The van der Waals surface area contributed by atoms with Crippen LogP contribution in [0.5, 0.6) is 11.5 Å². The first kappa shape index (κ1) is 14.7. The lowest BCUT2D eigenvalue weighted by atomic mass is 10.2. The zero-order valence-electron chi connectivity index (χ0n) is 11.9. The van der Waals surface area contributed by atoms with Gasteiger partial charge >= 0.3 is 5.97 Å². The first-order valence-corrected chi connectivity index (χ1v) is 6.98. The van der Waals surface area contributed by atoms with Gasteiger partial charge in [-0.15, -0.1) is 0 Å². The second-order valence-corrected chi connectivity index (χ2v) is 4.97. The average molecular weight is 279 g/mol. The normalized spacial score (nSPS) is 15.7. The van der Waals surface area contributed by atoms with Crippen molar-refractivity contribution in [2.24, 2.45) is 0 Å². The van der Waals surface area contributed by atoms with E-state index in [4.69, 9.17) is 14.6 Å². The molecule has 1 atom stereocenters. The maximum absolute atomic E-state index is 10.8. The van der Waals surface area contributed by atoms with Crippen LogP contribution in [-0.2, 0) is 11.3 Å². The number of carboxylic acids is 1. The van der Waals surface area contributed by atoms with E-state index < -0.39 is 12.1 Å². The van der Waals surface area contributed by atoms with Gasteiger partial charge in [0.05, 0.1) is 6.61 Å². The first-order chi connectivity index (χ1) is 9.60. The van der Waals surface area contributed by atoms with Gasteiger partial charge in [-0.3, -0.25) is 0 Å². The standard InChI is InChI=1S/C15H21NO4/c1-3-19-14-8-11(9-16-12-5-6-12)4-7-13(14)20-10(2)15(17)18/h4,7-8,10,12,16H,3,5-6,9H2,1-2H3,(H,17,18). The molecule has 1 unspecified atom stereocenters. The molecule has 0 aliphatic heterocycles. The van der Waals surface area contributed by atoms with Gasteiger partial charge in [-0.2, -0.15) is 0 Å². The van der Waals surface area contributed by atoms with Gasteiger partial charge in [-0.25, -0.2) is 4.79 Å². The highest BCUT2D eigenvalue weighted by molar-refractivity contribution is 5.72. The molecule has 1 saturated carbocycles. The van der Waals surface area contributed by atoms with Gasteiger partial charge in [0, 0.05) is 12.6 Å². The molecule has 0 spiro atoms. The molecule has 0 radical (unpaired) electrons. The average Bonchev–Trinajstić information content (AvgIpc) is 3.23. The summed E-state index contributed by atoms with van der Waals surface area (Å²) in [6.07, 6.45) is 1.59. The third kappa shape index (κ3) is 4.13. The molecule has 110 valence electrons. The minimum atomic E-state index is -0.994. The summed E-state index contributed by atoms with van der Waals surface area (Å²) in [4.78, 5) is 10.8. The molecule has 0 aromatic heterocycles. The highest BCUT2D eigenvalue weighted by Crippen LogP contribution is 2.30. The van der Waals surface area contributed by atoms with E-state index in [0.717, 1.165) is 12.1 Å². The number of hydrogen-bond acceptors (Lipinski definition) is 4. The predicted molar refractivity (Wildman–Crippen MR) is 75.2 cm³/mol. The van der Waals surface area contributed by atoms with E-state index >= 15 is 0 Å². The van der Waals surface area contributed by atoms with Crippen LogP contribution >= 0.6 is 0 Å². The molecule has 1 aromatic carbocycles. The predicted octanol–water partition coefficient (Wildman–Crippen LogP) is 2.19. The Bertz CT molecular complexity index is 471. The second-order valence-electron chi connectivity index (χ2n) is 4.97. The lowest BCUT2D eigenvalue weighted by Gasteiger charge is -2.16. The molecular weight excluding hydrogens is 258 g/mol. The van der Waals surface area contributed by atoms with E-state index in [1.54, 1.807) is 6.07 Å². The van der Waals surface area contributed by atoms with E-state index in [-0.39, 0.29) is 0 Å². The van der Waals surface area contributed by atoms with Crippen LogP contribution < -0.4 is 14.8 Å². The van der Waals surface area contributed by atoms with Crippen LogP contribution in [0.1, 0.15) is 32.3 Å². The maximum Gasteiger partial charge on any atom is 0.344 e. The third-order valence-corrected chi connectivity index (χ3v) is 3.13. The molecule has 2 rings (SSSR count). The van der Waals surface area contributed by atoms with E-state index in [1.165, 1.54) is 19.8 Å². The highest BCUT2D eigenvalue weighted by Gasteiger charge is 2.20. The Labute approximate surface area is 118 Å². The number of aliphatic carboxylic acids is 1. The number of carboxylic acid groups (broad SMARTS) is 1. The lowest BCUT2D eigenvalue weighted by Crippen LogP contribution is -2.23. The minimum Gasteiger partial charge on any atom is -0.490 e. The quantitative estimate of drug-likeness (QED) is 0.763. The summed E-state index contributed by atoms with van der Waals surface area (Å²) in [7, 11) is 0. The summed E-state index contributed by atoms with van der Waals surface area (Å²) in [5.74, 6) is 0.0690. The van der Waals surface area contributed by atoms with Crippen LogP contribution in [0.2, 0.25) is 0 Å². The SMILES string of the molecule is CCOc1cc(CNC2CC2)ccc1OC(C)C(=O)O. The smallest absolute Gasteiger partial charge is 0.344 e. The van der Waals surface area contributed by atoms with Gasteiger partial charge in [0.2, 0.25) is 0 Å². The van der Waals surface area contributed by atoms with Gasteiger partial charge in [0.15, 0.2) is 17.6 Å². The fourth-order valence-corrected chi connectivity index (χ4v) is 1.82. The van der Waals surface area contributed by atoms with Crippen molar-refractivity contribution in [3.8, 4) is 11.5 Å². The van der Waals surface area contributed by atoms with Crippen LogP contribution in [0.3, 0.4) is 0 Å². The first-order valence-electron chi connectivity index (χ1n) is 6.98. The summed E-state index contributed by atoms with van der Waals surface area (Å²) in [6.45, 7) is 4.69. The number of carbonyl (C=O) groups is 1. The topological polar surface area (TPSA) is 67.8 Å². The Hall–Kier alpha value is -1.75. The van der Waals surface area contributed by atoms with E-state index in [2.05, 4.69) is 5.32 Å². The van der Waals surface area contributed by atoms with Gasteiger partial charge in [-0.05, 0) is 44.4 Å². The molecule has 1 fully saturated rings. The molecule has 20 heavy (non-hydrogen) atoms. The van der Waals surface area contributed by atoms with Gasteiger partial charge in [-0.1, -0.05) is 6.07 Å². The molecule has 1 aliphatic carbocycles. The fraction of sp³-hybridized carbons (Fsp3) is 0.533. The molecule has 5 nitrogen and oxygen atoms in total. The van der Waals surface area contributed by atoms with Crippen molar-refractivity contribution in [2.75, 3.05) is 6.61 Å². The second kappa shape index (κ2) is 6.61. The largest absolute Gasteiger partial charge is 0.490 e. The highest BCUT2D eigenvalue weighted by atomic mass is 16.5. The Kier molecular flexibility index (Phi) is 4.84. The van der Waals surface area contributed by atoms with Crippen molar-refractivity contribution >= 4 is 5.97 Å². The lowest BCUT2D eigenvalue weighted by molar-refractivity contribution is -0.144. The summed E-state index contributed by atoms with van der Waals surface area (Å²) in [6, 6.07) is 6.26. The number of ether oxygens (including phenoxy) is 2. The van der Waals surface area contributed by atoms with Crippen molar-refractivity contribution in [2.45, 2.75) is 45.4 Å². The molecule has 0 amide bonds. The van der Waals surface area contributed by atoms with Crippen molar-refractivity contribution in [1.29, 1.82) is 0 Å². The van der Waals surface area contributed by atoms with Crippen molar-refractivity contribution in [3.63, 3.8) is 0 Å². The molecule has 0 heterocycles. The molecule has 0 bridgehead atoms. The van der Waals surface area contributed by atoms with Crippen LogP contribution in [0.25, 0.3) is 0 Å². The monoisotopic (exact) mass is 279 g/mol. The number of rotatable bonds is 8. The number of nitrogens with one attached hydrogen (secondary N) is 1. The third-order valence-electron chi connectivity index (χ3n) is 3.13. The molecule has 1 aliphatic rings. The Morgan fingerprint density at radius 2 is 2.20 bits per heavy atom. The van der Waals surface area contributed by atoms with Gasteiger partial charge < -0.3 is 19.9 Å². The maximum atomic E-state index is 10.8. The minimum absolute atomic E-state index is 0.469. The molecular formula is C15H21NO4. The summed E-state index contributed by atoms with van der Waals surface area (Å²) in [5, 5.41) is 12.3. The van der Waals surface area contributed by atoms with Crippen molar-refractivity contribution < 1.29 is 19.4 Å². The van der Waals surface area contributed by atoms with Crippen molar-refractivity contribution in [3.05, 3.63) is 23.8 Å². The van der Waals surface area contributed by atoms with Crippen LogP contribution in [-0.4, -0.2) is 29.8 Å². The zero-order valence-corrected chi connectivity index (χ0v) is 11.9. The number of benzene rings is 1. The summed E-state index contributed by atoms with van der Waals surface area (Å²) < 4.78 is 10.9. The summed E-state index contributed by atoms with van der Waals surface area (Å²) >= 11 is 0. The summed E-state index contributed by atoms with van der Waals surface area (Å²) in [5.41, 5.74) is 1.11. The Morgan fingerprint density at radius 1 is 1.45 bits per heavy atom. The van der Waals surface area contributed by atoms with Crippen LogP contribution in [0.4, 0.5) is 0 Å². The van der Waals surface area contributed by atoms with E-state index in [1.807, 2.05) is 19.1 Å². The van der Waals surface area contributed by atoms with Gasteiger partial charge in [0.1, 0.15) is 0 Å². The molecule has 5 heteroatoms. The molecule has 2 N–H and O–H groups in total. The molecule has 0 saturated heterocycles. The van der Waals surface area contributed by atoms with Crippen LogP contribution in [0, 0.1) is 0 Å². The Morgan fingerprint density at radius 3 is 2.80 bits per heavy atom. The van der Waals surface area contributed by atoms with E-state index in [0.29, 0.717) is 24.1 Å².